The van der Waals surface area contributed by atoms with Crippen LogP contribution in [0.1, 0.15) is 19.8 Å². The van der Waals surface area contributed by atoms with Crippen molar-refractivity contribution in [2.75, 3.05) is 19.8 Å². The summed E-state index contributed by atoms with van der Waals surface area (Å²) in [6.07, 6.45) is 2.79. The number of benzene rings is 1. The Morgan fingerprint density at radius 3 is 1.89 bits per heavy atom. The average Bonchev–Trinajstić information content (AvgIpc) is 2.35. The van der Waals surface area contributed by atoms with Gasteiger partial charge in [0.15, 0.2) is 9.84 Å². The Kier molecular flexibility index (Phi) is 5.11. The molecule has 0 saturated carbocycles. The zero-order chi connectivity index (χ0) is 14.7. The minimum Gasteiger partial charge on any atom is -0.224 e. The number of nitrogens with zero attached hydrogens (tertiary/aromatic N) is 1. The van der Waals surface area contributed by atoms with Crippen molar-refractivity contribution >= 4 is 19.9 Å². The Hall–Kier alpha value is -0.920. The molecule has 0 heterocycles. The fraction of sp³-hybridized carbons (Fsp3) is 0.500. The quantitative estimate of drug-likeness (QED) is 0.798. The fourth-order valence-corrected chi connectivity index (χ4v) is 3.38. The van der Waals surface area contributed by atoms with E-state index in [0.717, 1.165) is 19.1 Å². The van der Waals surface area contributed by atoms with Crippen molar-refractivity contribution in [1.82, 2.24) is 4.31 Å². The van der Waals surface area contributed by atoms with Gasteiger partial charge in [-0.3, -0.25) is 0 Å². The van der Waals surface area contributed by atoms with Crippen LogP contribution in [0.3, 0.4) is 0 Å². The number of sulfone groups is 1. The first-order valence-electron chi connectivity index (χ1n) is 5.96. The first-order chi connectivity index (χ1) is 8.69. The molecule has 7 heteroatoms. The van der Waals surface area contributed by atoms with Crippen molar-refractivity contribution in [3.05, 3.63) is 24.3 Å². The van der Waals surface area contributed by atoms with Crippen LogP contribution < -0.4 is 0 Å². The van der Waals surface area contributed by atoms with Gasteiger partial charge in [0.25, 0.3) is 0 Å². The van der Waals surface area contributed by atoms with E-state index in [1.165, 1.54) is 35.6 Å². The summed E-state index contributed by atoms with van der Waals surface area (Å²) in [6, 6.07) is 5.29. The summed E-state index contributed by atoms with van der Waals surface area (Å²) in [5.41, 5.74) is 0. The van der Waals surface area contributed by atoms with E-state index >= 15 is 0 Å². The Balaban J connectivity index is 3.03. The molecule has 5 nitrogen and oxygen atoms in total. The molecule has 19 heavy (non-hydrogen) atoms. The zero-order valence-electron chi connectivity index (χ0n) is 11.3. The molecule has 0 fully saturated rings. The molecule has 0 amide bonds. The van der Waals surface area contributed by atoms with Gasteiger partial charge in [0.1, 0.15) is 0 Å². The molecule has 108 valence electrons. The van der Waals surface area contributed by atoms with E-state index < -0.39 is 19.9 Å². The lowest BCUT2D eigenvalue weighted by atomic mass is 10.3. The Morgan fingerprint density at radius 2 is 1.47 bits per heavy atom. The normalized spacial score (nSPS) is 12.8. The molecule has 0 aliphatic heterocycles. The number of hydrogen-bond donors (Lipinski definition) is 0. The van der Waals surface area contributed by atoms with Crippen LogP contribution in [0.4, 0.5) is 0 Å². The summed E-state index contributed by atoms with van der Waals surface area (Å²) in [7, 11) is -5.32. The molecule has 0 N–H and O–H groups in total. The monoisotopic (exact) mass is 305 g/mol. The molecular weight excluding hydrogens is 286 g/mol. The third-order valence-corrected chi connectivity index (χ3v) is 5.79. The Bertz CT molecular complexity index is 618. The van der Waals surface area contributed by atoms with Crippen molar-refractivity contribution in [3.63, 3.8) is 0 Å². The highest BCUT2D eigenvalue weighted by molar-refractivity contribution is 7.90. The molecule has 0 aromatic heterocycles. The number of sulfonamides is 1. The molecule has 0 aliphatic carbocycles. The zero-order valence-corrected chi connectivity index (χ0v) is 13.0. The Labute approximate surface area is 115 Å². The van der Waals surface area contributed by atoms with E-state index in [2.05, 4.69) is 0 Å². The lowest BCUT2D eigenvalue weighted by Gasteiger charge is -2.16. The van der Waals surface area contributed by atoms with Gasteiger partial charge in [-0.2, -0.15) is 0 Å². The lowest BCUT2D eigenvalue weighted by Crippen LogP contribution is -2.27. The van der Waals surface area contributed by atoms with Crippen LogP contribution in [-0.2, 0) is 19.9 Å². The van der Waals surface area contributed by atoms with Gasteiger partial charge in [-0.15, -0.1) is 0 Å². The summed E-state index contributed by atoms with van der Waals surface area (Å²) in [6.45, 7) is 2.44. The maximum atomic E-state index is 12.2. The van der Waals surface area contributed by atoms with Gasteiger partial charge in [0, 0.05) is 19.8 Å². The highest BCUT2D eigenvalue weighted by atomic mass is 32.2. The van der Waals surface area contributed by atoms with Crippen LogP contribution in [0.25, 0.3) is 0 Å². The van der Waals surface area contributed by atoms with Gasteiger partial charge in [0.2, 0.25) is 10.0 Å². The van der Waals surface area contributed by atoms with Crippen LogP contribution in [0.2, 0.25) is 0 Å². The summed E-state index contributed by atoms with van der Waals surface area (Å²) in [4.78, 5) is 0.223. The van der Waals surface area contributed by atoms with Gasteiger partial charge >= 0.3 is 0 Å². The second kappa shape index (κ2) is 6.02. The highest BCUT2D eigenvalue weighted by Gasteiger charge is 2.20. The number of hydrogen-bond acceptors (Lipinski definition) is 4. The molecule has 1 aromatic carbocycles. The third-order valence-electron chi connectivity index (χ3n) is 2.79. The van der Waals surface area contributed by atoms with E-state index in [0.29, 0.717) is 6.54 Å². The largest absolute Gasteiger partial charge is 0.242 e. The van der Waals surface area contributed by atoms with Gasteiger partial charge < -0.3 is 0 Å². The van der Waals surface area contributed by atoms with Crippen LogP contribution >= 0.6 is 0 Å². The molecular formula is C12H19NO4S2. The minimum atomic E-state index is -3.53. The van der Waals surface area contributed by atoms with Crippen LogP contribution in [0, 0.1) is 0 Å². The topological polar surface area (TPSA) is 71.5 Å². The van der Waals surface area contributed by atoms with Crippen molar-refractivity contribution in [3.8, 4) is 0 Å². The van der Waals surface area contributed by atoms with Crippen LogP contribution in [-0.4, -0.2) is 41.0 Å². The predicted octanol–water partition coefficient (Wildman–Crippen LogP) is 1.51. The highest BCUT2D eigenvalue weighted by Crippen LogP contribution is 2.17. The second-order valence-electron chi connectivity index (χ2n) is 4.42. The minimum absolute atomic E-state index is 0.110. The van der Waals surface area contributed by atoms with Gasteiger partial charge in [-0.25, -0.2) is 21.1 Å². The molecule has 0 aliphatic rings. The third kappa shape index (κ3) is 4.02. The molecule has 0 saturated heterocycles. The van der Waals surface area contributed by atoms with E-state index in [9.17, 15) is 16.8 Å². The van der Waals surface area contributed by atoms with Crippen LogP contribution in [0.5, 0.6) is 0 Å². The van der Waals surface area contributed by atoms with Crippen molar-refractivity contribution in [2.45, 2.75) is 29.6 Å². The van der Waals surface area contributed by atoms with E-state index in [4.69, 9.17) is 0 Å². The Morgan fingerprint density at radius 1 is 1.00 bits per heavy atom. The van der Waals surface area contributed by atoms with Gasteiger partial charge in [-0.05, 0) is 30.7 Å². The smallest absolute Gasteiger partial charge is 0.224 e. The first-order valence-corrected chi connectivity index (χ1v) is 9.29. The average molecular weight is 305 g/mol. The summed E-state index contributed by atoms with van der Waals surface area (Å²) < 4.78 is 48.3. The predicted molar refractivity (Wildman–Crippen MR) is 74.3 cm³/mol. The first kappa shape index (κ1) is 16.1. The van der Waals surface area contributed by atoms with Crippen molar-refractivity contribution in [1.29, 1.82) is 0 Å². The molecule has 0 spiro atoms. The molecule has 0 radical (unpaired) electrons. The standard InChI is InChI=1S/C12H19NO4S2/c1-4-5-10-13(2)19(16,17)12-8-6-11(7-9-12)18(3,14)15/h6-9H,4-5,10H2,1-3H3. The van der Waals surface area contributed by atoms with Crippen molar-refractivity contribution in [2.24, 2.45) is 0 Å². The van der Waals surface area contributed by atoms with Gasteiger partial charge in [0.05, 0.1) is 9.79 Å². The molecule has 0 atom stereocenters. The van der Waals surface area contributed by atoms with Crippen molar-refractivity contribution < 1.29 is 16.8 Å². The maximum absolute atomic E-state index is 12.2. The molecule has 1 rings (SSSR count). The fourth-order valence-electron chi connectivity index (χ4n) is 1.54. The van der Waals surface area contributed by atoms with E-state index in [1.54, 1.807) is 0 Å². The summed E-state index contributed by atoms with van der Waals surface area (Å²) in [5.74, 6) is 0. The summed E-state index contributed by atoms with van der Waals surface area (Å²) in [5, 5.41) is 0. The molecule has 0 bridgehead atoms. The maximum Gasteiger partial charge on any atom is 0.242 e. The SMILES string of the molecule is CCCCN(C)S(=O)(=O)c1ccc(S(C)(=O)=O)cc1. The number of rotatable bonds is 6. The second-order valence-corrected chi connectivity index (χ2v) is 8.48. The molecule has 1 aromatic rings. The molecule has 0 unspecified atom stereocenters. The van der Waals surface area contributed by atoms with E-state index in [-0.39, 0.29) is 9.79 Å². The van der Waals surface area contributed by atoms with Crippen LogP contribution in [0.15, 0.2) is 34.1 Å². The van der Waals surface area contributed by atoms with Gasteiger partial charge in [-0.1, -0.05) is 13.3 Å². The lowest BCUT2D eigenvalue weighted by molar-refractivity contribution is 0.459. The van der Waals surface area contributed by atoms with E-state index in [1.807, 2.05) is 6.92 Å². The summed E-state index contributed by atoms with van der Waals surface area (Å²) >= 11 is 0. The number of unbranched alkanes of at least 4 members (excludes halogenated alkanes) is 1.